The van der Waals surface area contributed by atoms with Crippen molar-refractivity contribution in [3.8, 4) is 0 Å². The summed E-state index contributed by atoms with van der Waals surface area (Å²) in [5, 5.41) is 3.72. The molecule has 0 bridgehead atoms. The molecule has 222 valence electrons. The SMILES string of the molecule is [N-]=[N+]=N[C@@H]1[C@@H](OCc2ccccc2)[C@@H](OCc2ccccc2)[C@@H](COCc2ccccc2)O[C@H]1S(=O)(=O)c1ccccn1. The van der Waals surface area contributed by atoms with Gasteiger partial charge in [-0.2, -0.15) is 0 Å². The molecule has 4 aromatic rings. The molecule has 0 saturated carbocycles. The van der Waals surface area contributed by atoms with Crippen molar-refractivity contribution in [2.75, 3.05) is 6.61 Å². The van der Waals surface area contributed by atoms with E-state index in [1.807, 2.05) is 91.0 Å². The monoisotopic (exact) mass is 600 g/mol. The molecule has 0 spiro atoms. The van der Waals surface area contributed by atoms with Crippen LogP contribution < -0.4 is 0 Å². The fraction of sp³-hybridized carbons (Fsp3) is 0.281. The van der Waals surface area contributed by atoms with Crippen molar-refractivity contribution in [2.45, 2.75) is 54.6 Å². The average molecular weight is 601 g/mol. The molecular formula is C32H32N4O6S. The Morgan fingerprint density at radius 1 is 0.744 bits per heavy atom. The molecule has 1 aliphatic rings. The molecule has 10 nitrogen and oxygen atoms in total. The molecule has 2 heterocycles. The van der Waals surface area contributed by atoms with Gasteiger partial charge in [-0.05, 0) is 34.4 Å². The number of benzene rings is 3. The molecule has 11 heteroatoms. The van der Waals surface area contributed by atoms with Gasteiger partial charge in [-0.3, -0.25) is 0 Å². The molecule has 5 atom stereocenters. The highest BCUT2D eigenvalue weighted by molar-refractivity contribution is 7.91. The Bertz CT molecular complexity index is 1570. The standard InChI is InChI=1S/C32H32N4O6S/c33-36-35-29-31(41-22-26-16-8-3-9-17-26)30(40-21-25-14-6-2-7-15-25)27(23-39-20-24-12-4-1-5-13-24)42-32(29)43(37,38)28-18-10-11-19-34-28/h1-19,27,29-32H,20-23H2/t27-,29-,30+,31-,32+/m1/s1. The van der Waals surface area contributed by atoms with Crippen molar-refractivity contribution in [3.63, 3.8) is 0 Å². The molecule has 5 rings (SSSR count). The Hall–Kier alpha value is -4.09. The van der Waals surface area contributed by atoms with E-state index in [4.69, 9.17) is 18.9 Å². The molecule has 43 heavy (non-hydrogen) atoms. The van der Waals surface area contributed by atoms with Gasteiger partial charge in [-0.25, -0.2) is 13.4 Å². The lowest BCUT2D eigenvalue weighted by atomic mass is 9.97. The molecule has 1 saturated heterocycles. The first-order valence-corrected chi connectivity index (χ1v) is 15.4. The van der Waals surface area contributed by atoms with Gasteiger partial charge in [-0.1, -0.05) is 102 Å². The van der Waals surface area contributed by atoms with Crippen LogP contribution in [0.5, 0.6) is 0 Å². The second kappa shape index (κ2) is 14.9. The Labute approximate surface area is 250 Å². The molecule has 1 aliphatic heterocycles. The highest BCUT2D eigenvalue weighted by Crippen LogP contribution is 2.34. The molecule has 0 N–H and O–H groups in total. The summed E-state index contributed by atoms with van der Waals surface area (Å²) >= 11 is 0. The third kappa shape index (κ3) is 7.85. The smallest absolute Gasteiger partial charge is 0.222 e. The van der Waals surface area contributed by atoms with Crippen LogP contribution in [0.1, 0.15) is 16.7 Å². The summed E-state index contributed by atoms with van der Waals surface area (Å²) in [7, 11) is -4.24. The van der Waals surface area contributed by atoms with Gasteiger partial charge in [0, 0.05) is 11.1 Å². The van der Waals surface area contributed by atoms with Gasteiger partial charge in [0.05, 0.1) is 32.5 Å². The van der Waals surface area contributed by atoms with Crippen LogP contribution in [0.15, 0.2) is 126 Å². The normalized spacial score (nSPS) is 22.0. The largest absolute Gasteiger partial charge is 0.374 e. The Balaban J connectivity index is 1.50. The van der Waals surface area contributed by atoms with Crippen molar-refractivity contribution in [3.05, 3.63) is 143 Å². The van der Waals surface area contributed by atoms with Crippen LogP contribution in [-0.4, -0.2) is 49.8 Å². The minimum absolute atomic E-state index is 0.00320. The first-order chi connectivity index (χ1) is 21.1. The van der Waals surface area contributed by atoms with Gasteiger partial charge < -0.3 is 18.9 Å². The Morgan fingerprint density at radius 2 is 1.28 bits per heavy atom. The number of sulfone groups is 1. The molecule has 0 unspecified atom stereocenters. The second-order valence-corrected chi connectivity index (χ2v) is 11.9. The maximum absolute atomic E-state index is 13.9. The van der Waals surface area contributed by atoms with E-state index in [-0.39, 0.29) is 31.5 Å². The lowest BCUT2D eigenvalue weighted by molar-refractivity contribution is -0.212. The Kier molecular flexibility index (Phi) is 10.5. The zero-order valence-corrected chi connectivity index (χ0v) is 24.1. The summed E-state index contributed by atoms with van der Waals surface area (Å²) in [4.78, 5) is 7.05. The number of rotatable bonds is 13. The van der Waals surface area contributed by atoms with Crippen LogP contribution in [0, 0.1) is 0 Å². The summed E-state index contributed by atoms with van der Waals surface area (Å²) in [6, 6.07) is 31.9. The van der Waals surface area contributed by atoms with Crippen LogP contribution in [0.25, 0.3) is 10.4 Å². The number of pyridine rings is 1. The first kappa shape index (κ1) is 30.4. The van der Waals surface area contributed by atoms with Gasteiger partial charge in [0.1, 0.15) is 18.2 Å². The highest BCUT2D eigenvalue weighted by Gasteiger charge is 2.52. The van der Waals surface area contributed by atoms with Gasteiger partial charge >= 0.3 is 0 Å². The molecule has 0 radical (unpaired) electrons. The summed E-state index contributed by atoms with van der Waals surface area (Å²) in [6.45, 7) is 0.591. The first-order valence-electron chi connectivity index (χ1n) is 13.8. The van der Waals surface area contributed by atoms with E-state index in [1.165, 1.54) is 12.3 Å². The van der Waals surface area contributed by atoms with E-state index >= 15 is 0 Å². The van der Waals surface area contributed by atoms with Crippen LogP contribution in [0.2, 0.25) is 0 Å². The topological polar surface area (TPSA) is 133 Å². The lowest BCUT2D eigenvalue weighted by Gasteiger charge is -2.44. The van der Waals surface area contributed by atoms with Crippen molar-refractivity contribution >= 4 is 9.84 Å². The number of azide groups is 1. The van der Waals surface area contributed by atoms with E-state index in [0.29, 0.717) is 0 Å². The van der Waals surface area contributed by atoms with Crippen molar-refractivity contribution in [1.29, 1.82) is 0 Å². The lowest BCUT2D eigenvalue weighted by Crippen LogP contribution is -2.61. The minimum Gasteiger partial charge on any atom is -0.374 e. The average Bonchev–Trinajstić information content (AvgIpc) is 3.05. The van der Waals surface area contributed by atoms with E-state index < -0.39 is 39.6 Å². The third-order valence-corrected chi connectivity index (χ3v) is 8.83. The number of ether oxygens (including phenoxy) is 4. The van der Waals surface area contributed by atoms with Crippen molar-refractivity contribution in [1.82, 2.24) is 4.98 Å². The van der Waals surface area contributed by atoms with E-state index in [9.17, 15) is 13.9 Å². The molecule has 1 aromatic heterocycles. The number of hydrogen-bond donors (Lipinski definition) is 0. The summed E-state index contributed by atoms with van der Waals surface area (Å²) in [5.74, 6) is 0. The third-order valence-electron chi connectivity index (χ3n) is 7.00. The predicted octanol–water partition coefficient (Wildman–Crippen LogP) is 5.65. The Morgan fingerprint density at radius 3 is 1.81 bits per heavy atom. The van der Waals surface area contributed by atoms with Crippen molar-refractivity contribution in [2.24, 2.45) is 5.11 Å². The van der Waals surface area contributed by atoms with E-state index in [1.54, 1.807) is 12.1 Å². The maximum Gasteiger partial charge on any atom is 0.222 e. The van der Waals surface area contributed by atoms with E-state index in [2.05, 4.69) is 15.0 Å². The summed E-state index contributed by atoms with van der Waals surface area (Å²) < 4.78 is 52.9. The summed E-state index contributed by atoms with van der Waals surface area (Å²) in [5.41, 5.74) is 10.7. The highest BCUT2D eigenvalue weighted by atomic mass is 32.2. The van der Waals surface area contributed by atoms with Crippen molar-refractivity contribution < 1.29 is 27.4 Å². The quantitative estimate of drug-likeness (QED) is 0.110. The number of aromatic nitrogens is 1. The van der Waals surface area contributed by atoms with Gasteiger partial charge in [0.2, 0.25) is 9.84 Å². The van der Waals surface area contributed by atoms with Crippen LogP contribution in [0.4, 0.5) is 0 Å². The van der Waals surface area contributed by atoms with Crippen LogP contribution >= 0.6 is 0 Å². The van der Waals surface area contributed by atoms with Crippen LogP contribution in [-0.2, 0) is 48.6 Å². The number of nitrogens with zero attached hydrogens (tertiary/aromatic N) is 4. The minimum atomic E-state index is -4.24. The van der Waals surface area contributed by atoms with E-state index in [0.717, 1.165) is 16.7 Å². The van der Waals surface area contributed by atoms with Crippen LogP contribution in [0.3, 0.4) is 0 Å². The second-order valence-electron chi connectivity index (χ2n) is 9.97. The molecule has 1 fully saturated rings. The maximum atomic E-state index is 13.9. The predicted molar refractivity (Wildman–Crippen MR) is 159 cm³/mol. The van der Waals surface area contributed by atoms with Gasteiger partial charge in [0.25, 0.3) is 0 Å². The zero-order chi connectivity index (χ0) is 29.9. The zero-order valence-electron chi connectivity index (χ0n) is 23.3. The fourth-order valence-corrected chi connectivity index (χ4v) is 6.47. The molecule has 3 aromatic carbocycles. The van der Waals surface area contributed by atoms with Gasteiger partial charge in [0.15, 0.2) is 10.5 Å². The summed E-state index contributed by atoms with van der Waals surface area (Å²) in [6.07, 6.45) is -1.34. The van der Waals surface area contributed by atoms with Gasteiger partial charge in [-0.15, -0.1) is 0 Å². The number of hydrogen-bond acceptors (Lipinski definition) is 8. The molecule has 0 aliphatic carbocycles. The fourth-order valence-electron chi connectivity index (χ4n) is 4.89. The molecular weight excluding hydrogens is 568 g/mol. The molecule has 0 amide bonds.